The van der Waals surface area contributed by atoms with Crippen LogP contribution in [0.15, 0.2) is 35.1 Å². The highest BCUT2D eigenvalue weighted by molar-refractivity contribution is 5.98. The van der Waals surface area contributed by atoms with Crippen molar-refractivity contribution >= 4 is 17.5 Å². The molecule has 2 rings (SSSR count). The summed E-state index contributed by atoms with van der Waals surface area (Å²) in [6, 6.07) is 9.04. The Morgan fingerprint density at radius 1 is 1.08 bits per heavy atom. The number of likely N-dealkylation sites (N-methyl/N-ethyl adjacent to an activating group) is 1. The Morgan fingerprint density at radius 2 is 1.73 bits per heavy atom. The van der Waals surface area contributed by atoms with Gasteiger partial charge in [0.05, 0.1) is 0 Å². The summed E-state index contributed by atoms with van der Waals surface area (Å²) in [5, 5.41) is 0. The first kappa shape index (κ1) is 19.4. The van der Waals surface area contributed by atoms with E-state index in [1.165, 1.54) is 9.80 Å². The smallest absolute Gasteiger partial charge is 0.254 e. The molecule has 0 bridgehead atoms. The minimum Gasteiger partial charge on any atom is -0.347 e. The minimum atomic E-state index is -0.224. The van der Waals surface area contributed by atoms with Crippen LogP contribution in [0.5, 0.6) is 0 Å². The molecule has 0 fully saturated rings. The highest BCUT2D eigenvalue weighted by Crippen LogP contribution is 2.16. The summed E-state index contributed by atoms with van der Waals surface area (Å²) in [4.78, 5) is 46.8. The molecule has 138 valence electrons. The average Bonchev–Trinajstić information content (AvgIpc) is 2.58. The normalized spacial score (nSPS) is 10.5. The van der Waals surface area contributed by atoms with E-state index in [9.17, 15) is 14.4 Å². The molecule has 0 spiro atoms. The van der Waals surface area contributed by atoms with Gasteiger partial charge in [0.15, 0.2) is 0 Å². The molecule has 0 aliphatic carbocycles. The van der Waals surface area contributed by atoms with Gasteiger partial charge in [-0.15, -0.1) is 0 Å². The van der Waals surface area contributed by atoms with Gasteiger partial charge in [0.2, 0.25) is 11.8 Å². The van der Waals surface area contributed by atoms with E-state index in [1.807, 2.05) is 18.2 Å². The summed E-state index contributed by atoms with van der Waals surface area (Å²) in [6.45, 7) is 3.43. The Morgan fingerprint density at radius 3 is 2.31 bits per heavy atom. The largest absolute Gasteiger partial charge is 0.347 e. The number of aryl methyl sites for hydroxylation is 2. The predicted octanol–water partition coefficient (Wildman–Crippen LogP) is 1.44. The predicted molar refractivity (Wildman–Crippen MR) is 100 cm³/mol. The Labute approximate surface area is 152 Å². The topological polar surface area (TPSA) is 86.4 Å². The Kier molecular flexibility index (Phi) is 6.27. The minimum absolute atomic E-state index is 0.0443. The van der Waals surface area contributed by atoms with Gasteiger partial charge in [-0.1, -0.05) is 18.2 Å². The number of aromatic nitrogens is 2. The lowest BCUT2D eigenvalue weighted by atomic mass is 10.1. The summed E-state index contributed by atoms with van der Waals surface area (Å²) in [7, 11) is 3.30. The van der Waals surface area contributed by atoms with Crippen LogP contribution < -0.4 is 10.5 Å². The summed E-state index contributed by atoms with van der Waals surface area (Å²) < 4.78 is 0. The van der Waals surface area contributed by atoms with Crippen molar-refractivity contribution in [3.05, 3.63) is 57.8 Å². The molecular weight excluding hydrogens is 332 g/mol. The van der Waals surface area contributed by atoms with Crippen molar-refractivity contribution < 1.29 is 9.59 Å². The number of rotatable bonds is 6. The molecular formula is C19H24N4O3. The molecule has 1 heterocycles. The highest BCUT2D eigenvalue weighted by Gasteiger charge is 2.20. The van der Waals surface area contributed by atoms with Gasteiger partial charge in [-0.25, -0.2) is 4.98 Å². The third-order valence-electron chi connectivity index (χ3n) is 4.09. The second kappa shape index (κ2) is 8.42. The van der Waals surface area contributed by atoms with E-state index in [0.29, 0.717) is 22.8 Å². The zero-order chi connectivity index (χ0) is 19.3. The molecule has 0 saturated heterocycles. The molecule has 0 aliphatic rings. The van der Waals surface area contributed by atoms with E-state index in [1.54, 1.807) is 40.1 Å². The van der Waals surface area contributed by atoms with Crippen LogP contribution in [0.1, 0.15) is 23.5 Å². The number of hydrogen-bond acceptors (Lipinski definition) is 4. The number of para-hydroxylation sites is 1. The van der Waals surface area contributed by atoms with Crippen molar-refractivity contribution in [3.8, 4) is 0 Å². The van der Waals surface area contributed by atoms with Gasteiger partial charge in [0.1, 0.15) is 12.4 Å². The summed E-state index contributed by atoms with van der Waals surface area (Å²) >= 11 is 0. The Bertz CT molecular complexity index is 844. The monoisotopic (exact) mass is 356 g/mol. The maximum Gasteiger partial charge on any atom is 0.254 e. The van der Waals surface area contributed by atoms with Crippen molar-refractivity contribution in [3.63, 3.8) is 0 Å². The number of carbonyl (C=O) groups excluding carboxylic acids is 2. The summed E-state index contributed by atoms with van der Waals surface area (Å²) in [6.07, 6.45) is 0.386. The number of anilines is 1. The Hall–Kier alpha value is -2.96. The fourth-order valence-electron chi connectivity index (χ4n) is 2.62. The molecule has 7 heteroatoms. The van der Waals surface area contributed by atoms with Crippen molar-refractivity contribution in [2.24, 2.45) is 0 Å². The van der Waals surface area contributed by atoms with Crippen LogP contribution in [0, 0.1) is 13.8 Å². The van der Waals surface area contributed by atoms with Crippen LogP contribution in [-0.4, -0.2) is 47.3 Å². The molecule has 1 aromatic heterocycles. The number of hydrogen-bond donors (Lipinski definition) is 1. The van der Waals surface area contributed by atoms with Gasteiger partial charge in [-0.3, -0.25) is 14.4 Å². The van der Waals surface area contributed by atoms with Crippen molar-refractivity contribution in [2.45, 2.75) is 26.7 Å². The van der Waals surface area contributed by atoms with Gasteiger partial charge in [0.25, 0.3) is 5.56 Å². The molecule has 1 aromatic carbocycles. The van der Waals surface area contributed by atoms with Gasteiger partial charge in [-0.2, -0.15) is 0 Å². The summed E-state index contributed by atoms with van der Waals surface area (Å²) in [5.41, 5.74) is 1.55. The van der Waals surface area contributed by atoms with E-state index in [4.69, 9.17) is 0 Å². The van der Waals surface area contributed by atoms with Gasteiger partial charge in [-0.05, 0) is 32.4 Å². The molecule has 26 heavy (non-hydrogen) atoms. The first-order valence-corrected chi connectivity index (χ1v) is 8.41. The molecule has 0 radical (unpaired) electrons. The fourth-order valence-corrected chi connectivity index (χ4v) is 2.62. The van der Waals surface area contributed by atoms with Crippen molar-refractivity contribution in [1.82, 2.24) is 14.9 Å². The quantitative estimate of drug-likeness (QED) is 0.848. The number of nitrogens with zero attached hydrogens (tertiary/aromatic N) is 3. The molecule has 0 aliphatic heterocycles. The number of aromatic amines is 1. The van der Waals surface area contributed by atoms with Gasteiger partial charge in [0, 0.05) is 37.5 Å². The van der Waals surface area contributed by atoms with Gasteiger partial charge >= 0.3 is 0 Å². The van der Waals surface area contributed by atoms with E-state index in [0.717, 1.165) is 0 Å². The number of benzene rings is 1. The lowest BCUT2D eigenvalue weighted by molar-refractivity contribution is -0.129. The van der Waals surface area contributed by atoms with E-state index in [2.05, 4.69) is 9.97 Å². The van der Waals surface area contributed by atoms with Crippen molar-refractivity contribution in [2.75, 3.05) is 25.5 Å². The van der Waals surface area contributed by atoms with Crippen molar-refractivity contribution in [1.29, 1.82) is 0 Å². The first-order chi connectivity index (χ1) is 12.3. The van der Waals surface area contributed by atoms with Crippen LogP contribution in [0.3, 0.4) is 0 Å². The number of carbonyl (C=O) groups is 2. The Balaban J connectivity index is 2.19. The van der Waals surface area contributed by atoms with Gasteiger partial charge < -0.3 is 14.8 Å². The fraction of sp³-hybridized carbons (Fsp3) is 0.368. The van der Waals surface area contributed by atoms with Crippen LogP contribution in [0.25, 0.3) is 0 Å². The first-order valence-electron chi connectivity index (χ1n) is 8.41. The lowest BCUT2D eigenvalue weighted by Crippen LogP contribution is -2.40. The summed E-state index contributed by atoms with van der Waals surface area (Å²) in [5.74, 6) is 0.157. The second-order valence-corrected chi connectivity index (χ2v) is 6.32. The number of nitrogens with one attached hydrogen (secondary N) is 1. The van der Waals surface area contributed by atoms with Crippen LogP contribution in [0.4, 0.5) is 5.69 Å². The molecule has 0 unspecified atom stereocenters. The maximum atomic E-state index is 12.8. The number of H-pyrrole nitrogens is 1. The van der Waals surface area contributed by atoms with Crippen LogP contribution in [-0.2, 0) is 16.0 Å². The molecule has 2 amide bonds. The highest BCUT2D eigenvalue weighted by atomic mass is 16.2. The van der Waals surface area contributed by atoms with Crippen LogP contribution in [0.2, 0.25) is 0 Å². The second-order valence-electron chi connectivity index (χ2n) is 6.32. The zero-order valence-electron chi connectivity index (χ0n) is 15.6. The zero-order valence-corrected chi connectivity index (χ0v) is 15.6. The lowest BCUT2D eigenvalue weighted by Gasteiger charge is -2.24. The molecule has 7 nitrogen and oxygen atoms in total. The SMILES string of the molecule is Cc1nc(C)c(CCC(=O)N(CC(=O)N(C)C)c2ccccc2)c(=O)[nH]1. The third kappa shape index (κ3) is 4.78. The third-order valence-corrected chi connectivity index (χ3v) is 4.09. The number of amides is 2. The molecule has 1 N–H and O–H groups in total. The van der Waals surface area contributed by atoms with E-state index < -0.39 is 0 Å². The maximum absolute atomic E-state index is 12.8. The molecule has 2 aromatic rings. The van der Waals surface area contributed by atoms with Crippen LogP contribution >= 0.6 is 0 Å². The standard InChI is InChI=1S/C19H24N4O3/c1-13-16(19(26)21-14(2)20-13)10-11-17(24)23(12-18(25)22(3)4)15-8-6-5-7-9-15/h5-9H,10-12H2,1-4H3,(H,20,21,26). The molecule has 0 saturated carbocycles. The van der Waals surface area contributed by atoms with E-state index in [-0.39, 0.29) is 36.8 Å². The molecule has 0 atom stereocenters. The average molecular weight is 356 g/mol. The van der Waals surface area contributed by atoms with E-state index >= 15 is 0 Å².